The molecule has 162 valence electrons. The number of benzene rings is 1. The second-order valence-electron chi connectivity index (χ2n) is 7.10. The van der Waals surface area contributed by atoms with Crippen LogP contribution < -0.4 is 15.4 Å². The molecule has 0 radical (unpaired) electrons. The third-order valence-corrected chi connectivity index (χ3v) is 6.30. The molecule has 1 fully saturated rings. The molecular formula is C19H24N4O6S. The number of nitro benzene ring substituents is 1. The fraction of sp³-hybridized carbons (Fsp3) is 0.421. The minimum absolute atomic E-state index is 0.0661. The molecule has 0 aliphatic heterocycles. The number of carbonyl (C=O) groups excluding carboxylic acids is 1. The summed E-state index contributed by atoms with van der Waals surface area (Å²) < 4.78 is 32.4. The standard InChI is InChI=1S/C19H24N4O6S/c24-19(22-14-5-2-1-3-6-14)13-21-30(27,28)16-8-9-17(18(11-16)23(25)26)20-12-15-7-4-10-29-15/h4,7-11,14,20-21H,1-3,5-6,12-13H2,(H,22,24). The van der Waals surface area contributed by atoms with Gasteiger partial charge in [-0.15, -0.1) is 0 Å². The van der Waals surface area contributed by atoms with Crippen LogP contribution >= 0.6 is 0 Å². The second-order valence-corrected chi connectivity index (χ2v) is 8.86. The minimum Gasteiger partial charge on any atom is -0.467 e. The number of carbonyl (C=O) groups is 1. The summed E-state index contributed by atoms with van der Waals surface area (Å²) in [6.45, 7) is -0.218. The molecule has 1 aromatic heterocycles. The third kappa shape index (κ3) is 5.80. The van der Waals surface area contributed by atoms with Crippen molar-refractivity contribution in [2.24, 2.45) is 0 Å². The Kier molecular flexibility index (Phi) is 7.06. The molecule has 0 bridgehead atoms. The molecule has 3 N–H and O–H groups in total. The van der Waals surface area contributed by atoms with Crippen LogP contribution in [0.2, 0.25) is 0 Å². The lowest BCUT2D eigenvalue weighted by atomic mass is 9.95. The van der Waals surface area contributed by atoms with Crippen molar-refractivity contribution in [1.29, 1.82) is 0 Å². The molecule has 1 saturated carbocycles. The maximum Gasteiger partial charge on any atom is 0.293 e. The Morgan fingerprint density at radius 3 is 2.63 bits per heavy atom. The molecule has 1 aliphatic rings. The number of amides is 1. The molecule has 11 heteroatoms. The van der Waals surface area contributed by atoms with Crippen molar-refractivity contribution in [2.75, 3.05) is 11.9 Å². The van der Waals surface area contributed by atoms with Gasteiger partial charge in [0.05, 0.1) is 29.2 Å². The Balaban J connectivity index is 1.64. The van der Waals surface area contributed by atoms with E-state index in [1.165, 1.54) is 18.4 Å². The summed E-state index contributed by atoms with van der Waals surface area (Å²) in [5.41, 5.74) is -0.235. The summed E-state index contributed by atoms with van der Waals surface area (Å²) >= 11 is 0. The van der Waals surface area contributed by atoms with Gasteiger partial charge in [0.15, 0.2) is 0 Å². The van der Waals surface area contributed by atoms with Crippen LogP contribution in [0, 0.1) is 10.1 Å². The lowest BCUT2D eigenvalue weighted by Gasteiger charge is -2.22. The number of sulfonamides is 1. The van der Waals surface area contributed by atoms with Crippen molar-refractivity contribution in [3.05, 3.63) is 52.5 Å². The molecule has 0 unspecified atom stereocenters. The highest BCUT2D eigenvalue weighted by molar-refractivity contribution is 7.89. The summed E-state index contributed by atoms with van der Waals surface area (Å²) in [4.78, 5) is 22.5. The molecule has 2 aromatic rings. The van der Waals surface area contributed by atoms with Gasteiger partial charge in [-0.25, -0.2) is 13.1 Å². The Bertz CT molecular complexity index is 984. The van der Waals surface area contributed by atoms with Gasteiger partial charge in [0.2, 0.25) is 15.9 Å². The maximum absolute atomic E-state index is 12.5. The van der Waals surface area contributed by atoms with E-state index >= 15 is 0 Å². The van der Waals surface area contributed by atoms with Crippen LogP contribution in [0.25, 0.3) is 0 Å². The predicted octanol–water partition coefficient (Wildman–Crippen LogP) is 2.53. The van der Waals surface area contributed by atoms with Crippen molar-refractivity contribution in [3.8, 4) is 0 Å². The van der Waals surface area contributed by atoms with E-state index in [4.69, 9.17) is 4.42 Å². The van der Waals surface area contributed by atoms with E-state index in [1.54, 1.807) is 12.1 Å². The molecule has 10 nitrogen and oxygen atoms in total. The molecule has 3 rings (SSSR count). The van der Waals surface area contributed by atoms with Crippen molar-refractivity contribution in [1.82, 2.24) is 10.0 Å². The van der Waals surface area contributed by atoms with Crippen LogP contribution in [0.15, 0.2) is 45.9 Å². The van der Waals surface area contributed by atoms with Crippen LogP contribution in [0.5, 0.6) is 0 Å². The van der Waals surface area contributed by atoms with Crippen LogP contribution in [0.3, 0.4) is 0 Å². The van der Waals surface area contributed by atoms with Crippen LogP contribution in [0.4, 0.5) is 11.4 Å². The van der Waals surface area contributed by atoms with Crippen LogP contribution in [0.1, 0.15) is 37.9 Å². The number of anilines is 1. The zero-order valence-corrected chi connectivity index (χ0v) is 17.1. The average Bonchev–Trinajstić information content (AvgIpc) is 3.25. The summed E-state index contributed by atoms with van der Waals surface area (Å²) in [5, 5.41) is 17.1. The first kappa shape index (κ1) is 21.8. The first-order valence-corrected chi connectivity index (χ1v) is 11.2. The van der Waals surface area contributed by atoms with Gasteiger partial charge in [-0.1, -0.05) is 19.3 Å². The van der Waals surface area contributed by atoms with Crippen molar-refractivity contribution >= 4 is 27.3 Å². The second kappa shape index (κ2) is 9.72. The number of nitro groups is 1. The Morgan fingerprint density at radius 2 is 1.97 bits per heavy atom. The number of rotatable bonds is 9. The number of hydrogen-bond acceptors (Lipinski definition) is 7. The van der Waals surface area contributed by atoms with Gasteiger partial charge < -0.3 is 15.1 Å². The number of nitrogens with zero attached hydrogens (tertiary/aromatic N) is 1. The molecule has 1 aromatic carbocycles. The molecule has 30 heavy (non-hydrogen) atoms. The minimum atomic E-state index is -4.09. The highest BCUT2D eigenvalue weighted by Crippen LogP contribution is 2.28. The fourth-order valence-corrected chi connectivity index (χ4v) is 4.35. The first-order chi connectivity index (χ1) is 14.3. The lowest BCUT2D eigenvalue weighted by Crippen LogP contribution is -2.42. The van der Waals surface area contributed by atoms with Gasteiger partial charge in [0, 0.05) is 12.1 Å². The van der Waals surface area contributed by atoms with E-state index in [2.05, 4.69) is 15.4 Å². The van der Waals surface area contributed by atoms with Gasteiger partial charge in [0.25, 0.3) is 5.69 Å². The topological polar surface area (TPSA) is 144 Å². The van der Waals surface area contributed by atoms with Crippen molar-refractivity contribution in [2.45, 2.75) is 49.6 Å². The van der Waals surface area contributed by atoms with Crippen LogP contribution in [-0.2, 0) is 21.4 Å². The normalized spacial score (nSPS) is 14.9. The smallest absolute Gasteiger partial charge is 0.293 e. The summed E-state index contributed by atoms with van der Waals surface area (Å²) in [5.74, 6) is 0.156. The molecule has 1 aliphatic carbocycles. The number of nitrogens with one attached hydrogen (secondary N) is 3. The van der Waals surface area contributed by atoms with Crippen molar-refractivity contribution in [3.63, 3.8) is 0 Å². The highest BCUT2D eigenvalue weighted by atomic mass is 32.2. The van der Waals surface area contributed by atoms with Gasteiger partial charge >= 0.3 is 0 Å². The lowest BCUT2D eigenvalue weighted by molar-refractivity contribution is -0.384. The molecule has 1 amide bonds. The Morgan fingerprint density at radius 1 is 1.20 bits per heavy atom. The quantitative estimate of drug-likeness (QED) is 0.405. The molecule has 1 heterocycles. The van der Waals surface area contributed by atoms with E-state index in [-0.39, 0.29) is 23.2 Å². The van der Waals surface area contributed by atoms with Gasteiger partial charge in [-0.3, -0.25) is 14.9 Å². The zero-order valence-electron chi connectivity index (χ0n) is 16.3. The number of furan rings is 1. The SMILES string of the molecule is O=C(CNS(=O)(=O)c1ccc(NCc2ccco2)c([N+](=O)[O-])c1)NC1CCCCC1. The average molecular weight is 436 g/mol. The van der Waals surface area contributed by atoms with E-state index in [0.717, 1.165) is 38.2 Å². The van der Waals surface area contributed by atoms with Gasteiger partial charge in [-0.2, -0.15) is 0 Å². The summed E-state index contributed by atoms with van der Waals surface area (Å²) in [7, 11) is -4.09. The maximum atomic E-state index is 12.5. The monoisotopic (exact) mass is 436 g/mol. The number of hydrogen-bond donors (Lipinski definition) is 3. The highest BCUT2D eigenvalue weighted by Gasteiger charge is 2.23. The van der Waals surface area contributed by atoms with E-state index < -0.39 is 33.1 Å². The molecule has 0 atom stereocenters. The summed E-state index contributed by atoms with van der Waals surface area (Å²) in [6.07, 6.45) is 6.48. The van der Waals surface area contributed by atoms with E-state index in [0.29, 0.717) is 5.76 Å². The van der Waals surface area contributed by atoms with Crippen LogP contribution in [-0.4, -0.2) is 31.8 Å². The zero-order chi connectivity index (χ0) is 21.6. The van der Waals surface area contributed by atoms with Gasteiger partial charge in [-0.05, 0) is 37.1 Å². The van der Waals surface area contributed by atoms with E-state index in [9.17, 15) is 23.3 Å². The third-order valence-electron chi connectivity index (χ3n) is 4.90. The Hall–Kier alpha value is -2.92. The summed E-state index contributed by atoms with van der Waals surface area (Å²) in [6, 6.07) is 7.00. The predicted molar refractivity (Wildman–Crippen MR) is 109 cm³/mol. The largest absolute Gasteiger partial charge is 0.467 e. The Labute approximate surface area is 174 Å². The van der Waals surface area contributed by atoms with E-state index in [1.807, 2.05) is 0 Å². The fourth-order valence-electron chi connectivity index (χ4n) is 3.34. The van der Waals surface area contributed by atoms with Gasteiger partial charge in [0.1, 0.15) is 11.4 Å². The molecular weight excluding hydrogens is 412 g/mol. The first-order valence-electron chi connectivity index (χ1n) is 9.69. The van der Waals surface area contributed by atoms with Crippen molar-refractivity contribution < 1.29 is 22.6 Å². The molecule has 0 saturated heterocycles. The molecule has 0 spiro atoms.